The van der Waals surface area contributed by atoms with Crippen LogP contribution in [-0.2, 0) is 11.8 Å². The number of carbonyl (C=O) groups excluding carboxylic acids is 1. The SMILES string of the molecule is C=N/C(=C\c1cc(-c2cnn(C)c2)ccc1C)NC(=O)C#CC. The summed E-state index contributed by atoms with van der Waals surface area (Å²) in [4.78, 5) is 15.4. The monoisotopic (exact) mass is 306 g/mol. The summed E-state index contributed by atoms with van der Waals surface area (Å²) in [6.45, 7) is 7.09. The van der Waals surface area contributed by atoms with Crippen LogP contribution in [0.2, 0.25) is 0 Å². The van der Waals surface area contributed by atoms with Gasteiger partial charge < -0.3 is 0 Å². The number of benzene rings is 1. The van der Waals surface area contributed by atoms with E-state index in [0.29, 0.717) is 5.82 Å². The van der Waals surface area contributed by atoms with Gasteiger partial charge in [0.15, 0.2) is 0 Å². The van der Waals surface area contributed by atoms with E-state index >= 15 is 0 Å². The summed E-state index contributed by atoms with van der Waals surface area (Å²) in [5.41, 5.74) is 4.07. The molecule has 116 valence electrons. The molecule has 0 saturated carbocycles. The molecule has 1 aromatic heterocycles. The molecule has 0 aliphatic heterocycles. The minimum Gasteiger partial charge on any atom is -0.300 e. The van der Waals surface area contributed by atoms with Crippen molar-refractivity contribution >= 4 is 18.7 Å². The van der Waals surface area contributed by atoms with Crippen LogP contribution in [0, 0.1) is 18.8 Å². The van der Waals surface area contributed by atoms with E-state index in [1.165, 1.54) is 0 Å². The predicted octanol–water partition coefficient (Wildman–Crippen LogP) is 2.53. The lowest BCUT2D eigenvalue weighted by Crippen LogP contribution is -2.19. The summed E-state index contributed by atoms with van der Waals surface area (Å²) in [7, 11) is 1.88. The Morgan fingerprint density at radius 3 is 2.83 bits per heavy atom. The Balaban J connectivity index is 2.37. The molecule has 0 bridgehead atoms. The third-order valence-electron chi connectivity index (χ3n) is 3.26. The summed E-state index contributed by atoms with van der Waals surface area (Å²) in [5.74, 6) is 4.91. The average Bonchev–Trinajstić information content (AvgIpc) is 2.95. The minimum atomic E-state index is -0.410. The third-order valence-corrected chi connectivity index (χ3v) is 3.26. The third kappa shape index (κ3) is 4.17. The molecule has 1 N–H and O–H groups in total. The van der Waals surface area contributed by atoms with Gasteiger partial charge in [-0.1, -0.05) is 18.1 Å². The van der Waals surface area contributed by atoms with Gasteiger partial charge >= 0.3 is 5.91 Å². The summed E-state index contributed by atoms with van der Waals surface area (Å²) >= 11 is 0. The Hall–Kier alpha value is -3.13. The van der Waals surface area contributed by atoms with E-state index in [1.807, 2.05) is 44.6 Å². The van der Waals surface area contributed by atoms with Crippen molar-refractivity contribution in [2.24, 2.45) is 12.0 Å². The van der Waals surface area contributed by atoms with Crippen molar-refractivity contribution in [2.45, 2.75) is 13.8 Å². The van der Waals surface area contributed by atoms with Gasteiger partial charge in [0.1, 0.15) is 5.82 Å². The van der Waals surface area contributed by atoms with E-state index in [-0.39, 0.29) is 0 Å². The van der Waals surface area contributed by atoms with Crippen molar-refractivity contribution in [2.75, 3.05) is 0 Å². The van der Waals surface area contributed by atoms with Gasteiger partial charge in [0.2, 0.25) is 0 Å². The molecule has 23 heavy (non-hydrogen) atoms. The molecule has 0 saturated heterocycles. The Morgan fingerprint density at radius 2 is 2.22 bits per heavy atom. The molecule has 1 heterocycles. The fourth-order valence-corrected chi connectivity index (χ4v) is 2.08. The highest BCUT2D eigenvalue weighted by atomic mass is 16.1. The quantitative estimate of drug-likeness (QED) is 0.697. The van der Waals surface area contributed by atoms with Crippen LogP contribution in [0.15, 0.2) is 41.4 Å². The lowest BCUT2D eigenvalue weighted by Gasteiger charge is -2.06. The van der Waals surface area contributed by atoms with Crippen molar-refractivity contribution < 1.29 is 4.79 Å². The second-order valence-corrected chi connectivity index (χ2v) is 4.99. The van der Waals surface area contributed by atoms with Crippen LogP contribution in [0.4, 0.5) is 0 Å². The zero-order valence-electron chi connectivity index (χ0n) is 13.4. The van der Waals surface area contributed by atoms with Gasteiger partial charge in [-0.3, -0.25) is 14.8 Å². The molecule has 0 spiro atoms. The standard InChI is InChI=1S/C18H18N4O/c1-5-6-18(23)21-17(19-3)10-15-9-14(8-7-13(15)2)16-11-20-22(4)12-16/h7-12H,3H2,1-2,4H3,(H,21,23)/b17-10+. The molecule has 5 nitrogen and oxygen atoms in total. The smallest absolute Gasteiger partial charge is 0.300 e. The summed E-state index contributed by atoms with van der Waals surface area (Å²) in [5, 5.41) is 6.79. The summed E-state index contributed by atoms with van der Waals surface area (Å²) in [6.07, 6.45) is 5.53. The molecule has 0 aliphatic carbocycles. The molecule has 0 unspecified atom stereocenters. The lowest BCUT2D eigenvalue weighted by molar-refractivity contribution is -0.115. The molecule has 0 atom stereocenters. The maximum Gasteiger partial charge on any atom is 0.301 e. The van der Waals surface area contributed by atoms with E-state index in [2.05, 4.69) is 34.0 Å². The number of nitrogens with zero attached hydrogens (tertiary/aromatic N) is 3. The molecule has 2 aromatic rings. The van der Waals surface area contributed by atoms with Crippen molar-refractivity contribution in [1.82, 2.24) is 15.1 Å². The van der Waals surface area contributed by atoms with E-state index in [0.717, 1.165) is 22.3 Å². The van der Waals surface area contributed by atoms with E-state index in [1.54, 1.807) is 17.7 Å². The number of rotatable bonds is 4. The average molecular weight is 306 g/mol. The van der Waals surface area contributed by atoms with Gasteiger partial charge in [-0.05, 0) is 55.3 Å². The molecule has 0 radical (unpaired) electrons. The van der Waals surface area contributed by atoms with Crippen LogP contribution in [0.1, 0.15) is 18.1 Å². The van der Waals surface area contributed by atoms with Gasteiger partial charge in [0.25, 0.3) is 0 Å². The number of carbonyl (C=O) groups is 1. The topological polar surface area (TPSA) is 59.3 Å². The zero-order chi connectivity index (χ0) is 16.8. The molecule has 0 aliphatic rings. The lowest BCUT2D eigenvalue weighted by atomic mass is 10.0. The first-order valence-corrected chi connectivity index (χ1v) is 7.05. The molecule has 1 amide bonds. The van der Waals surface area contributed by atoms with Gasteiger partial charge in [0, 0.05) is 18.8 Å². The summed E-state index contributed by atoms with van der Waals surface area (Å²) in [6, 6.07) is 6.07. The molecular formula is C18H18N4O. The fraction of sp³-hybridized carbons (Fsp3) is 0.167. The van der Waals surface area contributed by atoms with Crippen LogP contribution < -0.4 is 5.32 Å². The zero-order valence-corrected chi connectivity index (χ0v) is 13.4. The molecular weight excluding hydrogens is 288 g/mol. The highest BCUT2D eigenvalue weighted by Gasteiger charge is 2.05. The largest absolute Gasteiger partial charge is 0.301 e. The first-order chi connectivity index (χ1) is 11.0. The molecule has 2 rings (SSSR count). The van der Waals surface area contributed by atoms with Crippen molar-refractivity contribution in [3.05, 3.63) is 47.5 Å². The van der Waals surface area contributed by atoms with Crippen LogP contribution in [0.25, 0.3) is 17.2 Å². The van der Waals surface area contributed by atoms with Gasteiger partial charge in [0.05, 0.1) is 6.20 Å². The second-order valence-electron chi connectivity index (χ2n) is 4.99. The van der Waals surface area contributed by atoms with Crippen LogP contribution in [0.5, 0.6) is 0 Å². The van der Waals surface area contributed by atoms with E-state index in [4.69, 9.17) is 0 Å². The minimum absolute atomic E-state index is 0.365. The van der Waals surface area contributed by atoms with Crippen LogP contribution >= 0.6 is 0 Å². The number of amides is 1. The highest BCUT2D eigenvalue weighted by molar-refractivity contribution is 5.95. The highest BCUT2D eigenvalue weighted by Crippen LogP contribution is 2.23. The number of aryl methyl sites for hydroxylation is 2. The van der Waals surface area contributed by atoms with Gasteiger partial charge in [-0.15, -0.1) is 0 Å². The Morgan fingerprint density at radius 1 is 1.43 bits per heavy atom. The predicted molar refractivity (Wildman–Crippen MR) is 92.5 cm³/mol. The van der Waals surface area contributed by atoms with Crippen molar-refractivity contribution in [1.29, 1.82) is 0 Å². The molecule has 1 aromatic carbocycles. The van der Waals surface area contributed by atoms with Gasteiger partial charge in [-0.25, -0.2) is 4.99 Å². The van der Waals surface area contributed by atoms with Gasteiger partial charge in [-0.2, -0.15) is 5.10 Å². The fourth-order valence-electron chi connectivity index (χ4n) is 2.08. The second kappa shape index (κ2) is 7.23. The Bertz CT molecular complexity index is 834. The Kier molecular flexibility index (Phi) is 5.11. The summed E-state index contributed by atoms with van der Waals surface area (Å²) < 4.78 is 1.76. The first-order valence-electron chi connectivity index (χ1n) is 7.05. The van der Waals surface area contributed by atoms with Crippen molar-refractivity contribution in [3.8, 4) is 23.0 Å². The normalized spacial score (nSPS) is 10.7. The number of hydrogen-bond acceptors (Lipinski definition) is 3. The van der Waals surface area contributed by atoms with Crippen LogP contribution in [0.3, 0.4) is 0 Å². The number of nitrogens with one attached hydrogen (secondary N) is 1. The molecule has 0 fully saturated rings. The maximum absolute atomic E-state index is 11.6. The van der Waals surface area contributed by atoms with Crippen LogP contribution in [-0.4, -0.2) is 22.4 Å². The first kappa shape index (κ1) is 16.2. The van der Waals surface area contributed by atoms with Crippen molar-refractivity contribution in [3.63, 3.8) is 0 Å². The maximum atomic E-state index is 11.6. The Labute approximate surface area is 135 Å². The number of hydrogen-bond donors (Lipinski definition) is 1. The van der Waals surface area contributed by atoms with E-state index in [9.17, 15) is 4.79 Å². The molecule has 5 heteroatoms. The number of aromatic nitrogens is 2. The van der Waals surface area contributed by atoms with E-state index < -0.39 is 5.91 Å². The number of aliphatic imine (C=N–C) groups is 1.